The Morgan fingerprint density at radius 2 is 1.95 bits per heavy atom. The van der Waals surface area contributed by atoms with Gasteiger partial charge in [-0.05, 0) is 30.9 Å². The molecule has 0 aliphatic carbocycles. The van der Waals surface area contributed by atoms with Gasteiger partial charge in [0.25, 0.3) is 0 Å². The fourth-order valence-electron chi connectivity index (χ4n) is 1.90. The molecule has 0 saturated heterocycles. The first-order valence-corrected chi connectivity index (χ1v) is 7.15. The Balaban J connectivity index is 2.43. The second-order valence-electron chi connectivity index (χ2n) is 5.17. The Bertz CT molecular complexity index is 594. The molecule has 19 heavy (non-hydrogen) atoms. The van der Waals surface area contributed by atoms with Crippen LogP contribution in [-0.2, 0) is 6.42 Å². The van der Waals surface area contributed by atoms with Crippen LogP contribution in [0.5, 0.6) is 0 Å². The maximum absolute atomic E-state index is 5.88. The summed E-state index contributed by atoms with van der Waals surface area (Å²) in [6.07, 6.45) is 0.909. The summed E-state index contributed by atoms with van der Waals surface area (Å²) in [5.74, 6) is 1.76. The Labute approximate surface area is 122 Å². The number of benzene rings is 1. The molecule has 2 N–H and O–H groups in total. The van der Waals surface area contributed by atoms with E-state index >= 15 is 0 Å². The first-order chi connectivity index (χ1) is 8.95. The van der Waals surface area contributed by atoms with Gasteiger partial charge in [0.1, 0.15) is 5.82 Å². The Morgan fingerprint density at radius 3 is 2.58 bits per heavy atom. The molecule has 100 valence electrons. The number of aromatic nitrogens is 2. The Hall–Kier alpha value is -1.42. The molecule has 0 unspecified atom stereocenters. The van der Waals surface area contributed by atoms with Crippen molar-refractivity contribution in [2.24, 2.45) is 5.92 Å². The fraction of sp³-hybridized carbons (Fsp3) is 0.333. The van der Waals surface area contributed by atoms with E-state index in [9.17, 15) is 0 Å². The number of hydrogen-bond donors (Lipinski definition) is 1. The lowest BCUT2D eigenvalue weighted by Crippen LogP contribution is -2.03. The number of nitrogens with zero attached hydrogens (tertiary/aromatic N) is 2. The number of hydrogen-bond acceptors (Lipinski definition) is 3. The van der Waals surface area contributed by atoms with Gasteiger partial charge in [0.15, 0.2) is 5.82 Å². The quantitative estimate of drug-likeness (QED) is 0.930. The summed E-state index contributed by atoms with van der Waals surface area (Å²) in [5, 5.41) is 0. The van der Waals surface area contributed by atoms with Crippen LogP contribution in [-0.4, -0.2) is 9.97 Å². The van der Waals surface area contributed by atoms with E-state index in [1.54, 1.807) is 0 Å². The summed E-state index contributed by atoms with van der Waals surface area (Å²) in [6, 6.07) is 7.96. The minimum atomic E-state index is 0.525. The normalized spacial score (nSPS) is 11.0. The van der Waals surface area contributed by atoms with Crippen molar-refractivity contribution in [2.45, 2.75) is 27.2 Å². The molecule has 0 aliphatic rings. The van der Waals surface area contributed by atoms with Gasteiger partial charge in [-0.3, -0.25) is 0 Å². The summed E-state index contributed by atoms with van der Waals surface area (Å²) in [5.41, 5.74) is 9.04. The zero-order valence-corrected chi connectivity index (χ0v) is 13.0. The third-order valence-electron chi connectivity index (χ3n) is 2.85. The predicted octanol–water partition coefficient (Wildman–Crippen LogP) is 4.00. The monoisotopic (exact) mass is 319 g/mol. The molecule has 1 aromatic heterocycles. The SMILES string of the molecule is Cc1ccc(-c2nc(N)cc(CC(C)C)n2)cc1Br. The van der Waals surface area contributed by atoms with Crippen LogP contribution in [0.1, 0.15) is 25.1 Å². The highest BCUT2D eigenvalue weighted by molar-refractivity contribution is 9.10. The molecule has 0 aliphatic heterocycles. The van der Waals surface area contributed by atoms with Crippen molar-refractivity contribution in [3.8, 4) is 11.4 Å². The van der Waals surface area contributed by atoms with Crippen LogP contribution in [0.25, 0.3) is 11.4 Å². The van der Waals surface area contributed by atoms with Crippen LogP contribution in [0.15, 0.2) is 28.7 Å². The van der Waals surface area contributed by atoms with E-state index in [2.05, 4.69) is 46.7 Å². The van der Waals surface area contributed by atoms with Crippen molar-refractivity contribution in [3.05, 3.63) is 40.0 Å². The molecule has 2 aromatic rings. The van der Waals surface area contributed by atoms with Crippen molar-refractivity contribution in [2.75, 3.05) is 5.73 Å². The van der Waals surface area contributed by atoms with Gasteiger partial charge >= 0.3 is 0 Å². The van der Waals surface area contributed by atoms with E-state index in [0.717, 1.165) is 22.2 Å². The van der Waals surface area contributed by atoms with E-state index in [1.807, 2.05) is 24.3 Å². The largest absolute Gasteiger partial charge is 0.384 e. The second-order valence-corrected chi connectivity index (χ2v) is 6.02. The fourth-order valence-corrected chi connectivity index (χ4v) is 2.28. The van der Waals surface area contributed by atoms with Gasteiger partial charge in [-0.2, -0.15) is 0 Å². The number of nitrogen functional groups attached to an aromatic ring is 1. The first-order valence-electron chi connectivity index (χ1n) is 6.35. The van der Waals surface area contributed by atoms with Crippen LogP contribution in [0.3, 0.4) is 0 Å². The summed E-state index contributed by atoms with van der Waals surface area (Å²) in [4.78, 5) is 8.93. The molecule has 0 radical (unpaired) electrons. The summed E-state index contributed by atoms with van der Waals surface area (Å²) in [6.45, 7) is 6.39. The standard InChI is InChI=1S/C15H18BrN3/c1-9(2)6-12-8-14(17)19-15(18-12)11-5-4-10(3)13(16)7-11/h4-5,7-9H,6H2,1-3H3,(H2,17,18,19). The number of anilines is 1. The van der Waals surface area contributed by atoms with Gasteiger partial charge in [-0.25, -0.2) is 9.97 Å². The third-order valence-corrected chi connectivity index (χ3v) is 3.70. The maximum atomic E-state index is 5.88. The molecule has 1 heterocycles. The molecular formula is C15H18BrN3. The van der Waals surface area contributed by atoms with Crippen LogP contribution < -0.4 is 5.73 Å². The molecule has 4 heteroatoms. The number of halogens is 1. The van der Waals surface area contributed by atoms with Crippen LogP contribution in [0.4, 0.5) is 5.82 Å². The minimum Gasteiger partial charge on any atom is -0.384 e. The van der Waals surface area contributed by atoms with E-state index in [0.29, 0.717) is 17.6 Å². The number of aryl methyl sites for hydroxylation is 1. The average Bonchev–Trinajstić information content (AvgIpc) is 2.31. The smallest absolute Gasteiger partial charge is 0.161 e. The molecule has 0 atom stereocenters. The first kappa shape index (κ1) is 14.0. The second kappa shape index (κ2) is 5.70. The van der Waals surface area contributed by atoms with E-state index in [-0.39, 0.29) is 0 Å². The Kier molecular flexibility index (Phi) is 4.20. The lowest BCUT2D eigenvalue weighted by atomic mass is 10.1. The highest BCUT2D eigenvalue weighted by Crippen LogP contribution is 2.24. The maximum Gasteiger partial charge on any atom is 0.161 e. The zero-order chi connectivity index (χ0) is 14.0. The summed E-state index contributed by atoms with van der Waals surface area (Å²) in [7, 11) is 0. The van der Waals surface area contributed by atoms with Crippen LogP contribution in [0.2, 0.25) is 0 Å². The highest BCUT2D eigenvalue weighted by Gasteiger charge is 2.08. The van der Waals surface area contributed by atoms with Gasteiger partial charge < -0.3 is 5.73 Å². The van der Waals surface area contributed by atoms with Crippen LogP contribution in [0, 0.1) is 12.8 Å². The van der Waals surface area contributed by atoms with Crippen molar-refractivity contribution in [1.29, 1.82) is 0 Å². The lowest BCUT2D eigenvalue weighted by Gasteiger charge is -2.08. The predicted molar refractivity (Wildman–Crippen MR) is 82.9 cm³/mol. The van der Waals surface area contributed by atoms with Crippen molar-refractivity contribution in [1.82, 2.24) is 9.97 Å². The van der Waals surface area contributed by atoms with Gasteiger partial charge in [-0.15, -0.1) is 0 Å². The zero-order valence-electron chi connectivity index (χ0n) is 11.4. The van der Waals surface area contributed by atoms with E-state index in [1.165, 1.54) is 5.56 Å². The third kappa shape index (κ3) is 3.53. The minimum absolute atomic E-state index is 0.525. The number of rotatable bonds is 3. The molecular weight excluding hydrogens is 302 g/mol. The molecule has 0 bridgehead atoms. The van der Waals surface area contributed by atoms with Crippen molar-refractivity contribution >= 4 is 21.7 Å². The lowest BCUT2D eigenvalue weighted by molar-refractivity contribution is 0.635. The van der Waals surface area contributed by atoms with E-state index < -0.39 is 0 Å². The van der Waals surface area contributed by atoms with Gasteiger partial charge in [-0.1, -0.05) is 41.9 Å². The average molecular weight is 320 g/mol. The molecule has 0 spiro atoms. The van der Waals surface area contributed by atoms with Gasteiger partial charge in [0.2, 0.25) is 0 Å². The number of nitrogens with two attached hydrogens (primary N) is 1. The van der Waals surface area contributed by atoms with Gasteiger partial charge in [0.05, 0.1) is 0 Å². The summed E-state index contributed by atoms with van der Waals surface area (Å²) < 4.78 is 1.06. The van der Waals surface area contributed by atoms with Crippen molar-refractivity contribution in [3.63, 3.8) is 0 Å². The topological polar surface area (TPSA) is 51.8 Å². The molecule has 0 saturated carbocycles. The highest BCUT2D eigenvalue weighted by atomic mass is 79.9. The Morgan fingerprint density at radius 1 is 1.21 bits per heavy atom. The molecule has 2 rings (SSSR count). The van der Waals surface area contributed by atoms with E-state index in [4.69, 9.17) is 5.73 Å². The van der Waals surface area contributed by atoms with Crippen LogP contribution >= 0.6 is 15.9 Å². The summed E-state index contributed by atoms with van der Waals surface area (Å²) >= 11 is 3.53. The molecule has 1 aromatic carbocycles. The molecule has 0 fully saturated rings. The van der Waals surface area contributed by atoms with Gasteiger partial charge in [0, 0.05) is 21.8 Å². The molecule has 0 amide bonds. The molecule has 3 nitrogen and oxygen atoms in total. The van der Waals surface area contributed by atoms with Crippen molar-refractivity contribution < 1.29 is 0 Å².